The Labute approximate surface area is 185 Å². The molecule has 1 fully saturated rings. The Morgan fingerprint density at radius 1 is 1.24 bits per heavy atom. The van der Waals surface area contributed by atoms with E-state index >= 15 is 0 Å². The maximum atomic E-state index is 14.0. The zero-order valence-corrected chi connectivity index (χ0v) is 18.5. The van der Waals surface area contributed by atoms with Crippen LogP contribution in [-0.4, -0.2) is 36.2 Å². The molecule has 3 rings (SSSR count). The molecule has 1 atom stereocenters. The Morgan fingerprint density at radius 2 is 2.07 bits per heavy atom. The van der Waals surface area contributed by atoms with Crippen molar-refractivity contribution in [2.75, 3.05) is 25.4 Å². The number of thioether (sulfide) groups is 1. The second-order valence-electron chi connectivity index (χ2n) is 7.25. The summed E-state index contributed by atoms with van der Waals surface area (Å²) in [5, 5.41) is 4.23. The first kappa shape index (κ1) is 22.4. The van der Waals surface area contributed by atoms with Crippen molar-refractivity contribution in [3.05, 3.63) is 69.5 Å². The molecule has 0 aliphatic carbocycles. The highest BCUT2D eigenvalue weighted by atomic mass is 35.5. The predicted octanol–water partition coefficient (Wildman–Crippen LogP) is 5.39. The third kappa shape index (κ3) is 6.88. The molecule has 1 unspecified atom stereocenters. The number of amides is 1. The largest absolute Gasteiger partial charge is 0.355 e. The molecule has 1 amide bonds. The summed E-state index contributed by atoms with van der Waals surface area (Å²) in [5.41, 5.74) is 1.69. The number of hydrogen-bond acceptors (Lipinski definition) is 3. The van der Waals surface area contributed by atoms with E-state index in [1.54, 1.807) is 23.9 Å². The van der Waals surface area contributed by atoms with Gasteiger partial charge < -0.3 is 5.32 Å². The molecule has 2 aromatic rings. The van der Waals surface area contributed by atoms with Gasteiger partial charge in [0.2, 0.25) is 5.91 Å². The van der Waals surface area contributed by atoms with E-state index in [4.69, 9.17) is 23.2 Å². The SMILES string of the molecule is O=C(NCCSCc1cccc(Cl)c1)C1CCCN(Cc2c(F)cccc2Cl)C1. The topological polar surface area (TPSA) is 32.3 Å². The number of rotatable bonds is 8. The Hall–Kier alpha value is -1.27. The van der Waals surface area contributed by atoms with Crippen molar-refractivity contribution < 1.29 is 9.18 Å². The fraction of sp³-hybridized carbons (Fsp3) is 0.409. The summed E-state index contributed by atoms with van der Waals surface area (Å²) < 4.78 is 14.0. The maximum absolute atomic E-state index is 14.0. The summed E-state index contributed by atoms with van der Waals surface area (Å²) in [6, 6.07) is 12.6. The molecule has 7 heteroatoms. The molecule has 29 heavy (non-hydrogen) atoms. The fourth-order valence-corrected chi connectivity index (χ4v) is 4.77. The smallest absolute Gasteiger partial charge is 0.224 e. The molecular weight excluding hydrogens is 430 g/mol. The highest BCUT2D eigenvalue weighted by Crippen LogP contribution is 2.24. The van der Waals surface area contributed by atoms with E-state index in [9.17, 15) is 9.18 Å². The van der Waals surface area contributed by atoms with E-state index in [0.29, 0.717) is 30.2 Å². The highest BCUT2D eigenvalue weighted by Gasteiger charge is 2.26. The normalized spacial score (nSPS) is 17.3. The molecule has 1 N–H and O–H groups in total. The summed E-state index contributed by atoms with van der Waals surface area (Å²) in [6.45, 7) is 2.56. The number of nitrogens with one attached hydrogen (secondary N) is 1. The lowest BCUT2D eigenvalue weighted by molar-refractivity contribution is -0.126. The van der Waals surface area contributed by atoms with Crippen molar-refractivity contribution in [3.8, 4) is 0 Å². The lowest BCUT2D eigenvalue weighted by Gasteiger charge is -2.32. The average Bonchev–Trinajstić information content (AvgIpc) is 2.71. The van der Waals surface area contributed by atoms with Gasteiger partial charge in [0.25, 0.3) is 0 Å². The van der Waals surface area contributed by atoms with E-state index in [2.05, 4.69) is 16.3 Å². The molecule has 1 saturated heterocycles. The number of halogens is 3. The van der Waals surface area contributed by atoms with Gasteiger partial charge in [0.05, 0.1) is 5.92 Å². The van der Waals surface area contributed by atoms with Crippen LogP contribution in [0.5, 0.6) is 0 Å². The molecule has 0 spiro atoms. The van der Waals surface area contributed by atoms with Crippen LogP contribution < -0.4 is 5.32 Å². The van der Waals surface area contributed by atoms with Gasteiger partial charge in [-0.05, 0) is 49.2 Å². The third-order valence-electron chi connectivity index (χ3n) is 5.02. The van der Waals surface area contributed by atoms with Crippen LogP contribution in [0.1, 0.15) is 24.0 Å². The Balaban J connectivity index is 1.40. The second kappa shape index (κ2) is 11.2. The molecule has 0 radical (unpaired) electrons. The molecule has 0 bridgehead atoms. The van der Waals surface area contributed by atoms with E-state index < -0.39 is 0 Å². The van der Waals surface area contributed by atoms with Crippen LogP contribution in [0.4, 0.5) is 4.39 Å². The number of piperidine rings is 1. The van der Waals surface area contributed by atoms with Gasteiger partial charge in [-0.25, -0.2) is 4.39 Å². The van der Waals surface area contributed by atoms with Gasteiger partial charge in [-0.2, -0.15) is 11.8 Å². The van der Waals surface area contributed by atoms with Crippen molar-refractivity contribution in [1.29, 1.82) is 0 Å². The lowest BCUT2D eigenvalue weighted by atomic mass is 9.96. The van der Waals surface area contributed by atoms with Crippen molar-refractivity contribution in [1.82, 2.24) is 10.2 Å². The van der Waals surface area contributed by atoms with Gasteiger partial charge in [-0.1, -0.05) is 41.4 Å². The minimum Gasteiger partial charge on any atom is -0.355 e. The van der Waals surface area contributed by atoms with Crippen LogP contribution in [-0.2, 0) is 17.1 Å². The first-order valence-corrected chi connectivity index (χ1v) is 11.7. The minimum atomic E-state index is -0.291. The molecule has 1 aliphatic heterocycles. The van der Waals surface area contributed by atoms with Crippen molar-refractivity contribution >= 4 is 40.9 Å². The molecule has 3 nitrogen and oxygen atoms in total. The average molecular weight is 455 g/mol. The summed E-state index contributed by atoms with van der Waals surface area (Å²) >= 11 is 13.9. The number of hydrogen-bond donors (Lipinski definition) is 1. The predicted molar refractivity (Wildman–Crippen MR) is 120 cm³/mol. The quantitative estimate of drug-likeness (QED) is 0.542. The van der Waals surface area contributed by atoms with Crippen molar-refractivity contribution in [2.24, 2.45) is 5.92 Å². The summed E-state index contributed by atoms with van der Waals surface area (Å²) in [6.07, 6.45) is 1.79. The molecule has 0 saturated carbocycles. The van der Waals surface area contributed by atoms with Crippen LogP contribution in [0, 0.1) is 11.7 Å². The van der Waals surface area contributed by atoms with Crippen LogP contribution in [0.2, 0.25) is 10.0 Å². The van der Waals surface area contributed by atoms with Crippen LogP contribution in [0.15, 0.2) is 42.5 Å². The van der Waals surface area contributed by atoms with Gasteiger partial charge in [0.15, 0.2) is 0 Å². The van der Waals surface area contributed by atoms with E-state index in [0.717, 1.165) is 35.9 Å². The van der Waals surface area contributed by atoms with Crippen LogP contribution in [0.25, 0.3) is 0 Å². The van der Waals surface area contributed by atoms with E-state index in [1.165, 1.54) is 11.6 Å². The lowest BCUT2D eigenvalue weighted by Crippen LogP contribution is -2.43. The zero-order chi connectivity index (χ0) is 20.6. The van der Waals surface area contributed by atoms with Crippen molar-refractivity contribution in [2.45, 2.75) is 25.1 Å². The highest BCUT2D eigenvalue weighted by molar-refractivity contribution is 7.98. The van der Waals surface area contributed by atoms with Crippen LogP contribution in [0.3, 0.4) is 0 Å². The number of nitrogens with zero attached hydrogens (tertiary/aromatic N) is 1. The standard InChI is InChI=1S/C22H25Cl2FN2OS/c23-18-6-1-4-16(12-18)15-29-11-9-26-22(28)17-5-3-10-27(13-17)14-19-20(24)7-2-8-21(19)25/h1-2,4,6-8,12,17H,3,5,9-11,13-15H2,(H,26,28). The number of carbonyl (C=O) groups excluding carboxylic acids is 1. The molecule has 156 valence electrons. The summed E-state index contributed by atoms with van der Waals surface area (Å²) in [5.74, 6) is 1.45. The van der Waals surface area contributed by atoms with Crippen LogP contribution >= 0.6 is 35.0 Å². The Kier molecular flexibility index (Phi) is 8.67. The Morgan fingerprint density at radius 3 is 2.86 bits per heavy atom. The summed E-state index contributed by atoms with van der Waals surface area (Å²) in [4.78, 5) is 14.7. The van der Waals surface area contributed by atoms with Gasteiger partial charge in [0.1, 0.15) is 5.82 Å². The molecule has 0 aromatic heterocycles. The fourth-order valence-electron chi connectivity index (χ4n) is 3.53. The second-order valence-corrected chi connectivity index (χ2v) is 9.20. The number of carbonyl (C=O) groups is 1. The molecule has 2 aromatic carbocycles. The molecule has 1 heterocycles. The Bertz CT molecular complexity index is 816. The first-order chi connectivity index (χ1) is 14.0. The third-order valence-corrected chi connectivity index (χ3v) is 6.64. The van der Waals surface area contributed by atoms with Gasteiger partial charge in [0, 0.05) is 46.7 Å². The van der Waals surface area contributed by atoms with Gasteiger partial charge >= 0.3 is 0 Å². The maximum Gasteiger partial charge on any atom is 0.224 e. The molecular formula is C22H25Cl2FN2OS. The molecule has 1 aliphatic rings. The van der Waals surface area contributed by atoms with Gasteiger partial charge in [-0.15, -0.1) is 0 Å². The van der Waals surface area contributed by atoms with E-state index in [1.807, 2.05) is 18.2 Å². The minimum absolute atomic E-state index is 0.0628. The number of likely N-dealkylation sites (tertiary alicyclic amines) is 1. The van der Waals surface area contributed by atoms with Gasteiger partial charge in [-0.3, -0.25) is 9.69 Å². The first-order valence-electron chi connectivity index (χ1n) is 9.78. The number of benzene rings is 2. The van der Waals surface area contributed by atoms with E-state index in [-0.39, 0.29) is 17.6 Å². The monoisotopic (exact) mass is 454 g/mol. The van der Waals surface area contributed by atoms with Crippen molar-refractivity contribution in [3.63, 3.8) is 0 Å². The zero-order valence-electron chi connectivity index (χ0n) is 16.2. The summed E-state index contributed by atoms with van der Waals surface area (Å²) in [7, 11) is 0.